The summed E-state index contributed by atoms with van der Waals surface area (Å²) in [6.45, 7) is 5.50. The van der Waals surface area contributed by atoms with Crippen LogP contribution in [0.25, 0.3) is 0 Å². The molecule has 1 N–H and O–H groups in total. The maximum Gasteiger partial charge on any atom is 0.241 e. The Balaban J connectivity index is 1.88. The number of likely N-dealkylation sites (tertiary alicyclic amines) is 1. The van der Waals surface area contributed by atoms with Gasteiger partial charge in [-0.25, -0.2) is 0 Å². The molecular weight excluding hydrogens is 290 g/mol. The monoisotopic (exact) mass is 317 g/mol. The summed E-state index contributed by atoms with van der Waals surface area (Å²) in [6.07, 6.45) is 1.64. The van der Waals surface area contributed by atoms with Gasteiger partial charge in [-0.3, -0.25) is 14.5 Å². The van der Waals surface area contributed by atoms with Crippen molar-refractivity contribution in [1.82, 2.24) is 9.80 Å². The van der Waals surface area contributed by atoms with E-state index in [0.29, 0.717) is 0 Å². The van der Waals surface area contributed by atoms with Gasteiger partial charge in [-0.15, -0.1) is 0 Å². The maximum absolute atomic E-state index is 12.4. The van der Waals surface area contributed by atoms with Crippen molar-refractivity contribution in [3.63, 3.8) is 0 Å². The van der Waals surface area contributed by atoms with Gasteiger partial charge in [0.25, 0.3) is 0 Å². The van der Waals surface area contributed by atoms with Crippen LogP contribution >= 0.6 is 0 Å². The van der Waals surface area contributed by atoms with Gasteiger partial charge in [0.1, 0.15) is 0 Å². The van der Waals surface area contributed by atoms with Crippen molar-refractivity contribution in [2.75, 3.05) is 32.5 Å². The predicted octanol–water partition coefficient (Wildman–Crippen LogP) is 2.12. The third-order valence-electron chi connectivity index (χ3n) is 4.53. The smallest absolute Gasteiger partial charge is 0.241 e. The van der Waals surface area contributed by atoms with E-state index in [0.717, 1.165) is 37.2 Å². The van der Waals surface area contributed by atoms with E-state index < -0.39 is 0 Å². The standard InChI is InChI=1S/C18H27N3O2/c1-13-6-5-7-16(12-13)19-17(22)14(2)21-10-8-15(9-11-21)18(23)20(3)4/h5-7,12,14-15H,8-11H2,1-4H3,(H,19,22)/t14-/m1/s1. The number of benzene rings is 1. The second kappa shape index (κ2) is 7.59. The second-order valence-corrected chi connectivity index (χ2v) is 6.58. The van der Waals surface area contributed by atoms with Crippen molar-refractivity contribution < 1.29 is 9.59 Å². The summed E-state index contributed by atoms with van der Waals surface area (Å²) in [7, 11) is 3.60. The van der Waals surface area contributed by atoms with Gasteiger partial charge in [0.2, 0.25) is 11.8 Å². The zero-order chi connectivity index (χ0) is 17.0. The lowest BCUT2D eigenvalue weighted by molar-refractivity contribution is -0.134. The van der Waals surface area contributed by atoms with Crippen LogP contribution in [0.2, 0.25) is 0 Å². The summed E-state index contributed by atoms with van der Waals surface area (Å²) >= 11 is 0. The molecule has 0 saturated carbocycles. The maximum atomic E-state index is 12.4. The minimum absolute atomic E-state index is 0.00739. The Kier molecular flexibility index (Phi) is 5.77. The largest absolute Gasteiger partial charge is 0.349 e. The molecule has 2 rings (SSSR count). The molecule has 1 aromatic rings. The Morgan fingerprint density at radius 3 is 2.48 bits per heavy atom. The number of nitrogens with one attached hydrogen (secondary N) is 1. The minimum atomic E-state index is -0.189. The van der Waals surface area contributed by atoms with Gasteiger partial charge >= 0.3 is 0 Å². The molecule has 23 heavy (non-hydrogen) atoms. The first-order chi connectivity index (χ1) is 10.9. The van der Waals surface area contributed by atoms with E-state index in [2.05, 4.69) is 10.2 Å². The average Bonchev–Trinajstić information content (AvgIpc) is 2.53. The van der Waals surface area contributed by atoms with Gasteiger partial charge in [0, 0.05) is 25.7 Å². The van der Waals surface area contributed by atoms with Gasteiger partial charge in [0.15, 0.2) is 0 Å². The van der Waals surface area contributed by atoms with Crippen LogP contribution in [0.5, 0.6) is 0 Å². The number of rotatable bonds is 4. The molecule has 1 fully saturated rings. The third-order valence-corrected chi connectivity index (χ3v) is 4.53. The summed E-state index contributed by atoms with van der Waals surface area (Å²) in [5.41, 5.74) is 1.96. The van der Waals surface area contributed by atoms with Crippen molar-refractivity contribution in [2.45, 2.75) is 32.7 Å². The molecule has 5 nitrogen and oxygen atoms in total. The first-order valence-corrected chi connectivity index (χ1v) is 8.21. The molecule has 1 aromatic carbocycles. The zero-order valence-corrected chi connectivity index (χ0v) is 14.5. The van der Waals surface area contributed by atoms with Gasteiger partial charge in [-0.2, -0.15) is 0 Å². The Labute approximate surface area is 138 Å². The minimum Gasteiger partial charge on any atom is -0.349 e. The number of anilines is 1. The lowest BCUT2D eigenvalue weighted by atomic mass is 9.94. The summed E-state index contributed by atoms with van der Waals surface area (Å²) in [4.78, 5) is 28.2. The Morgan fingerprint density at radius 1 is 1.26 bits per heavy atom. The summed E-state index contributed by atoms with van der Waals surface area (Å²) in [5, 5.41) is 2.98. The number of aryl methyl sites for hydroxylation is 1. The topological polar surface area (TPSA) is 52.7 Å². The van der Waals surface area contributed by atoms with E-state index in [-0.39, 0.29) is 23.8 Å². The highest BCUT2D eigenvalue weighted by Crippen LogP contribution is 2.21. The van der Waals surface area contributed by atoms with E-state index in [1.807, 2.05) is 38.1 Å². The Morgan fingerprint density at radius 2 is 1.91 bits per heavy atom. The molecule has 0 unspecified atom stereocenters. The van der Waals surface area contributed by atoms with Gasteiger partial charge in [-0.1, -0.05) is 12.1 Å². The summed E-state index contributed by atoms with van der Waals surface area (Å²) < 4.78 is 0. The number of carbonyl (C=O) groups excluding carboxylic acids is 2. The Hall–Kier alpha value is -1.88. The van der Waals surface area contributed by atoms with Crippen molar-refractivity contribution in [3.8, 4) is 0 Å². The van der Waals surface area contributed by atoms with Crippen LogP contribution in [0.3, 0.4) is 0 Å². The third kappa shape index (κ3) is 4.55. The van der Waals surface area contributed by atoms with Crippen LogP contribution in [0.1, 0.15) is 25.3 Å². The second-order valence-electron chi connectivity index (χ2n) is 6.58. The molecule has 126 valence electrons. The fraction of sp³-hybridized carbons (Fsp3) is 0.556. The van der Waals surface area contributed by atoms with Crippen molar-refractivity contribution >= 4 is 17.5 Å². The Bertz CT molecular complexity index is 563. The van der Waals surface area contributed by atoms with Crippen molar-refractivity contribution in [2.24, 2.45) is 5.92 Å². The van der Waals surface area contributed by atoms with Gasteiger partial charge in [0.05, 0.1) is 6.04 Å². The SMILES string of the molecule is Cc1cccc(NC(=O)[C@@H](C)N2CCC(C(=O)N(C)C)CC2)c1. The van der Waals surface area contributed by atoms with Crippen LogP contribution in [0, 0.1) is 12.8 Å². The first-order valence-electron chi connectivity index (χ1n) is 8.21. The highest BCUT2D eigenvalue weighted by atomic mass is 16.2. The van der Waals surface area contributed by atoms with Crippen LogP contribution in [-0.2, 0) is 9.59 Å². The van der Waals surface area contributed by atoms with Crippen molar-refractivity contribution in [1.29, 1.82) is 0 Å². The molecule has 1 atom stereocenters. The molecule has 1 saturated heterocycles. The highest BCUT2D eigenvalue weighted by Gasteiger charge is 2.30. The number of amides is 2. The number of nitrogens with zero attached hydrogens (tertiary/aromatic N) is 2. The lowest BCUT2D eigenvalue weighted by Gasteiger charge is -2.35. The highest BCUT2D eigenvalue weighted by molar-refractivity contribution is 5.94. The molecule has 0 radical (unpaired) electrons. The normalized spacial score (nSPS) is 17.6. The lowest BCUT2D eigenvalue weighted by Crippen LogP contribution is -2.48. The molecule has 0 aromatic heterocycles. The van der Waals surface area contributed by atoms with Crippen LogP contribution in [0.4, 0.5) is 5.69 Å². The quantitative estimate of drug-likeness (QED) is 0.925. The molecule has 0 bridgehead atoms. The van der Waals surface area contributed by atoms with Gasteiger partial charge < -0.3 is 10.2 Å². The molecule has 1 aliphatic heterocycles. The van der Waals surface area contributed by atoms with Crippen LogP contribution < -0.4 is 5.32 Å². The van der Waals surface area contributed by atoms with Crippen molar-refractivity contribution in [3.05, 3.63) is 29.8 Å². The average molecular weight is 317 g/mol. The molecule has 2 amide bonds. The number of piperidine rings is 1. The van der Waals surface area contributed by atoms with Crippen LogP contribution in [-0.4, -0.2) is 54.8 Å². The summed E-state index contributed by atoms with van der Waals surface area (Å²) in [6, 6.07) is 7.62. The fourth-order valence-corrected chi connectivity index (χ4v) is 3.03. The van der Waals surface area contributed by atoms with Crippen LogP contribution in [0.15, 0.2) is 24.3 Å². The van der Waals surface area contributed by atoms with E-state index >= 15 is 0 Å². The number of hydrogen-bond donors (Lipinski definition) is 1. The predicted molar refractivity (Wildman–Crippen MR) is 92.3 cm³/mol. The molecule has 0 aliphatic carbocycles. The molecule has 5 heteroatoms. The molecular formula is C18H27N3O2. The van der Waals surface area contributed by atoms with E-state index in [4.69, 9.17) is 0 Å². The van der Waals surface area contributed by atoms with E-state index in [1.165, 1.54) is 0 Å². The number of carbonyl (C=O) groups is 2. The number of hydrogen-bond acceptors (Lipinski definition) is 3. The molecule has 1 heterocycles. The molecule has 1 aliphatic rings. The summed E-state index contributed by atoms with van der Waals surface area (Å²) in [5.74, 6) is 0.294. The van der Waals surface area contributed by atoms with E-state index in [1.54, 1.807) is 19.0 Å². The molecule has 0 spiro atoms. The van der Waals surface area contributed by atoms with E-state index in [9.17, 15) is 9.59 Å². The zero-order valence-electron chi connectivity index (χ0n) is 14.5. The van der Waals surface area contributed by atoms with Gasteiger partial charge in [-0.05, 0) is 57.5 Å². The fourth-order valence-electron chi connectivity index (χ4n) is 3.03. The first kappa shape index (κ1) is 17.5.